The highest BCUT2D eigenvalue weighted by atomic mass is 79.9. The molecule has 0 aliphatic carbocycles. The summed E-state index contributed by atoms with van der Waals surface area (Å²) in [5.74, 6) is -0.0755. The quantitative estimate of drug-likeness (QED) is 0.637. The highest BCUT2D eigenvalue weighted by Crippen LogP contribution is 2.34. The molecule has 1 rings (SSSR count). The second-order valence-electron chi connectivity index (χ2n) is 4.24. The highest BCUT2D eigenvalue weighted by Gasteiger charge is 2.13. The first-order chi connectivity index (χ1) is 9.47. The lowest BCUT2D eigenvalue weighted by molar-refractivity contribution is -0.117. The van der Waals surface area contributed by atoms with Crippen LogP contribution in [0.15, 0.2) is 25.6 Å². The number of nitrogens with one attached hydrogen (secondary N) is 1. The number of nitrogens with zero attached hydrogens (tertiary/aromatic N) is 1. The van der Waals surface area contributed by atoms with Crippen LogP contribution in [0, 0.1) is 0 Å². The van der Waals surface area contributed by atoms with E-state index in [-0.39, 0.29) is 12.5 Å². The van der Waals surface area contributed by atoms with Gasteiger partial charge >= 0.3 is 0 Å². The van der Waals surface area contributed by atoms with Gasteiger partial charge in [-0.1, -0.05) is 22.9 Å². The van der Waals surface area contributed by atoms with Gasteiger partial charge in [-0.3, -0.25) is 9.69 Å². The topological polar surface area (TPSA) is 52.6 Å². The molecule has 0 radical (unpaired) electrons. The van der Waals surface area contributed by atoms with E-state index in [2.05, 4.69) is 53.1 Å². The number of carbonyl (C=O) groups excluding carboxylic acids is 1. The minimum atomic E-state index is -0.0755. The Balaban J connectivity index is 2.66. The average Bonchev–Trinajstić information content (AvgIpc) is 2.38. The van der Waals surface area contributed by atoms with Crippen molar-refractivity contribution >= 4 is 59.4 Å². The van der Waals surface area contributed by atoms with Crippen LogP contribution in [0.5, 0.6) is 0 Å². The molecule has 0 unspecified atom stereocenters. The van der Waals surface area contributed by atoms with Gasteiger partial charge in [0.25, 0.3) is 0 Å². The smallest absolute Gasteiger partial charge is 0.238 e. The van der Waals surface area contributed by atoms with Crippen molar-refractivity contribution in [2.75, 3.05) is 31.6 Å². The molecule has 0 spiro atoms. The highest BCUT2D eigenvalue weighted by molar-refractivity contribution is 9.11. The summed E-state index contributed by atoms with van der Waals surface area (Å²) in [5.41, 5.74) is 0.719. The molecule has 4 nitrogen and oxygen atoms in total. The Kier molecular flexibility index (Phi) is 8.28. The van der Waals surface area contributed by atoms with Crippen molar-refractivity contribution in [1.82, 2.24) is 4.90 Å². The molecule has 0 aromatic heterocycles. The van der Waals surface area contributed by atoms with Crippen LogP contribution in [0.1, 0.15) is 13.3 Å². The number of aliphatic hydroxyl groups excluding tert-OH is 1. The molecule has 2 N–H and O–H groups in total. The van der Waals surface area contributed by atoms with E-state index in [1.807, 2.05) is 24.0 Å². The van der Waals surface area contributed by atoms with Gasteiger partial charge in [-0.25, -0.2) is 0 Å². The fourth-order valence-electron chi connectivity index (χ4n) is 1.69. The number of benzene rings is 1. The molecular weight excluding hydrogens is 456 g/mol. The summed E-state index contributed by atoms with van der Waals surface area (Å²) in [5, 5.41) is 11.7. The Morgan fingerprint density at radius 2 is 1.90 bits per heavy atom. The second kappa shape index (κ2) is 9.15. The van der Waals surface area contributed by atoms with Crippen LogP contribution in [0.2, 0.25) is 0 Å². The van der Waals surface area contributed by atoms with E-state index in [1.54, 1.807) is 0 Å². The van der Waals surface area contributed by atoms with Crippen LogP contribution in [-0.2, 0) is 4.79 Å². The Bertz CT molecular complexity index is 446. The number of hydrogen-bond donors (Lipinski definition) is 2. The predicted molar refractivity (Wildman–Crippen MR) is 92.0 cm³/mol. The van der Waals surface area contributed by atoms with Crippen LogP contribution in [0.3, 0.4) is 0 Å². The molecule has 7 heteroatoms. The normalized spacial score (nSPS) is 10.9. The van der Waals surface area contributed by atoms with Crippen molar-refractivity contribution in [2.45, 2.75) is 13.3 Å². The molecule has 1 amide bonds. The Morgan fingerprint density at radius 3 is 2.40 bits per heavy atom. The summed E-state index contributed by atoms with van der Waals surface area (Å²) in [6.07, 6.45) is 0.673. The molecule has 0 aliphatic rings. The average molecular weight is 473 g/mol. The maximum absolute atomic E-state index is 12.1. The minimum Gasteiger partial charge on any atom is -0.396 e. The van der Waals surface area contributed by atoms with Crippen molar-refractivity contribution in [3.05, 3.63) is 25.6 Å². The maximum atomic E-state index is 12.1. The first-order valence-electron chi connectivity index (χ1n) is 6.25. The van der Waals surface area contributed by atoms with Crippen LogP contribution in [-0.4, -0.2) is 42.2 Å². The Labute approximate surface area is 144 Å². The molecule has 0 heterocycles. The van der Waals surface area contributed by atoms with E-state index in [9.17, 15) is 4.79 Å². The zero-order valence-corrected chi connectivity index (χ0v) is 15.9. The van der Waals surface area contributed by atoms with Crippen molar-refractivity contribution < 1.29 is 9.90 Å². The van der Waals surface area contributed by atoms with Crippen LogP contribution in [0.4, 0.5) is 5.69 Å². The van der Waals surface area contributed by atoms with Gasteiger partial charge in [0.15, 0.2) is 0 Å². The van der Waals surface area contributed by atoms with Gasteiger partial charge in [0.05, 0.1) is 12.2 Å². The number of halogens is 3. The number of hydrogen-bond acceptors (Lipinski definition) is 3. The predicted octanol–water partition coefficient (Wildman–Crippen LogP) is 3.62. The number of carbonyl (C=O) groups is 1. The standard InChI is InChI=1S/C13H17Br3N2O2/c1-2-18(4-3-5-19)8-12(20)17-13-10(15)6-9(14)7-11(13)16/h6-7,19H,2-5,8H2,1H3,(H,17,20). The molecule has 0 aliphatic heterocycles. The molecular formula is C13H17Br3N2O2. The molecule has 0 bridgehead atoms. The van der Waals surface area contributed by atoms with Gasteiger partial charge in [0.1, 0.15) is 0 Å². The Hall–Kier alpha value is 0.0500. The molecule has 1 aromatic rings. The van der Waals surface area contributed by atoms with Gasteiger partial charge in [0, 0.05) is 26.6 Å². The third kappa shape index (κ3) is 5.81. The van der Waals surface area contributed by atoms with Crippen molar-refractivity contribution in [3.63, 3.8) is 0 Å². The lowest BCUT2D eigenvalue weighted by atomic mass is 10.3. The van der Waals surface area contributed by atoms with Gasteiger partial charge < -0.3 is 10.4 Å². The molecule has 0 fully saturated rings. The van der Waals surface area contributed by atoms with Gasteiger partial charge in [-0.05, 0) is 57.0 Å². The van der Waals surface area contributed by atoms with Gasteiger partial charge in [-0.2, -0.15) is 0 Å². The van der Waals surface area contributed by atoms with E-state index in [4.69, 9.17) is 5.11 Å². The minimum absolute atomic E-state index is 0.0755. The van der Waals surface area contributed by atoms with Crippen LogP contribution < -0.4 is 5.32 Å². The third-order valence-electron chi connectivity index (χ3n) is 2.72. The first kappa shape index (κ1) is 18.1. The SMILES string of the molecule is CCN(CCCO)CC(=O)Nc1c(Br)cc(Br)cc1Br. The summed E-state index contributed by atoms with van der Waals surface area (Å²) >= 11 is 10.2. The summed E-state index contributed by atoms with van der Waals surface area (Å²) in [7, 11) is 0. The summed E-state index contributed by atoms with van der Waals surface area (Å²) in [6.45, 7) is 3.93. The molecule has 0 atom stereocenters. The number of likely N-dealkylation sites (N-methyl/N-ethyl adjacent to an activating group) is 1. The first-order valence-corrected chi connectivity index (χ1v) is 8.63. The van der Waals surface area contributed by atoms with E-state index in [0.29, 0.717) is 19.5 Å². The number of rotatable bonds is 7. The van der Waals surface area contributed by atoms with E-state index in [0.717, 1.165) is 25.7 Å². The molecule has 20 heavy (non-hydrogen) atoms. The molecule has 1 aromatic carbocycles. The Morgan fingerprint density at radius 1 is 1.30 bits per heavy atom. The van der Waals surface area contributed by atoms with Crippen molar-refractivity contribution in [3.8, 4) is 0 Å². The largest absolute Gasteiger partial charge is 0.396 e. The second-order valence-corrected chi connectivity index (χ2v) is 6.86. The summed E-state index contributed by atoms with van der Waals surface area (Å²) in [6, 6.07) is 3.76. The van der Waals surface area contributed by atoms with Crippen molar-refractivity contribution in [2.24, 2.45) is 0 Å². The van der Waals surface area contributed by atoms with Crippen LogP contribution >= 0.6 is 47.8 Å². The number of aliphatic hydroxyl groups is 1. The molecule has 0 saturated heterocycles. The lowest BCUT2D eigenvalue weighted by Gasteiger charge is -2.19. The monoisotopic (exact) mass is 470 g/mol. The zero-order chi connectivity index (χ0) is 15.1. The van der Waals surface area contributed by atoms with Gasteiger partial charge in [-0.15, -0.1) is 0 Å². The summed E-state index contributed by atoms with van der Waals surface area (Å²) in [4.78, 5) is 14.1. The fraction of sp³-hybridized carbons (Fsp3) is 0.462. The van der Waals surface area contributed by atoms with Crippen molar-refractivity contribution in [1.29, 1.82) is 0 Å². The zero-order valence-electron chi connectivity index (χ0n) is 11.1. The number of amides is 1. The van der Waals surface area contributed by atoms with E-state index >= 15 is 0 Å². The lowest BCUT2D eigenvalue weighted by Crippen LogP contribution is -2.34. The van der Waals surface area contributed by atoms with Crippen LogP contribution in [0.25, 0.3) is 0 Å². The maximum Gasteiger partial charge on any atom is 0.238 e. The summed E-state index contributed by atoms with van der Waals surface area (Å²) < 4.78 is 2.54. The van der Waals surface area contributed by atoms with Gasteiger partial charge in [0.2, 0.25) is 5.91 Å². The molecule has 0 saturated carbocycles. The fourth-order valence-corrected chi connectivity index (χ4v) is 4.14. The van der Waals surface area contributed by atoms with E-state index in [1.165, 1.54) is 0 Å². The van der Waals surface area contributed by atoms with E-state index < -0.39 is 0 Å². The molecule has 112 valence electrons. The third-order valence-corrected chi connectivity index (χ3v) is 4.43. The number of anilines is 1.